The van der Waals surface area contributed by atoms with Crippen LogP contribution < -0.4 is 4.90 Å². The fourth-order valence-corrected chi connectivity index (χ4v) is 4.71. The molecule has 0 aliphatic rings. The van der Waals surface area contributed by atoms with Crippen molar-refractivity contribution in [3.05, 3.63) is 152 Å². The third-order valence-corrected chi connectivity index (χ3v) is 6.45. The highest BCUT2D eigenvalue weighted by Crippen LogP contribution is 2.41. The highest BCUT2D eigenvalue weighted by Gasteiger charge is 2.17. The summed E-state index contributed by atoms with van der Waals surface area (Å²) in [5.74, 6) is 0. The first-order valence-electron chi connectivity index (χ1n) is 12.0. The van der Waals surface area contributed by atoms with Crippen molar-refractivity contribution in [3.8, 4) is 22.3 Å². The van der Waals surface area contributed by atoms with Gasteiger partial charge in [-0.2, -0.15) is 0 Å². The van der Waals surface area contributed by atoms with Crippen LogP contribution in [0.1, 0.15) is 0 Å². The van der Waals surface area contributed by atoms with Gasteiger partial charge < -0.3 is 4.90 Å². The Bertz CT molecular complexity index is 1570. The third-order valence-electron chi connectivity index (χ3n) is 6.45. The molecular formula is C34H25N. The van der Waals surface area contributed by atoms with E-state index in [1.165, 1.54) is 33.0 Å². The first-order valence-corrected chi connectivity index (χ1v) is 12.0. The van der Waals surface area contributed by atoms with E-state index >= 15 is 0 Å². The first kappa shape index (κ1) is 20.9. The molecule has 6 aromatic rings. The van der Waals surface area contributed by atoms with E-state index in [0.717, 1.165) is 17.1 Å². The predicted octanol–water partition coefficient (Wildman–Crippen LogP) is 9.64. The third kappa shape index (κ3) is 4.20. The number of para-hydroxylation sites is 2. The maximum absolute atomic E-state index is 2.35. The molecule has 0 radical (unpaired) electrons. The van der Waals surface area contributed by atoms with Crippen molar-refractivity contribution in [2.24, 2.45) is 0 Å². The lowest BCUT2D eigenvalue weighted by Crippen LogP contribution is -2.11. The lowest BCUT2D eigenvalue weighted by atomic mass is 9.98. The number of benzene rings is 6. The van der Waals surface area contributed by atoms with Crippen LogP contribution in [0.5, 0.6) is 0 Å². The minimum atomic E-state index is 1.13. The molecule has 0 bridgehead atoms. The largest absolute Gasteiger partial charge is 0.310 e. The highest BCUT2D eigenvalue weighted by atomic mass is 15.1. The lowest BCUT2D eigenvalue weighted by molar-refractivity contribution is 1.28. The second kappa shape index (κ2) is 9.32. The van der Waals surface area contributed by atoms with E-state index in [-0.39, 0.29) is 0 Å². The Labute approximate surface area is 206 Å². The zero-order valence-corrected chi connectivity index (χ0v) is 19.4. The molecular weight excluding hydrogens is 422 g/mol. The minimum Gasteiger partial charge on any atom is -0.310 e. The van der Waals surface area contributed by atoms with E-state index in [9.17, 15) is 0 Å². The molecule has 35 heavy (non-hydrogen) atoms. The van der Waals surface area contributed by atoms with Gasteiger partial charge in [0, 0.05) is 16.9 Å². The molecule has 0 aliphatic carbocycles. The average molecular weight is 448 g/mol. The standard InChI is InChI=1S/C34H25N/c1-3-11-26(12-4-1)28-21-23-32(24-22-28)35(31-15-5-2-6-16-31)34-18-10-9-17-33(34)30-20-19-27-13-7-8-14-29(27)25-30/h1-25H. The number of fused-ring (bicyclic) bond motifs is 1. The van der Waals surface area contributed by atoms with Gasteiger partial charge in [-0.3, -0.25) is 0 Å². The van der Waals surface area contributed by atoms with Gasteiger partial charge in [-0.25, -0.2) is 0 Å². The molecule has 0 spiro atoms. The molecule has 6 rings (SSSR count). The van der Waals surface area contributed by atoms with Crippen LogP contribution >= 0.6 is 0 Å². The summed E-state index contributed by atoms with van der Waals surface area (Å²) in [6, 6.07) is 53.9. The summed E-state index contributed by atoms with van der Waals surface area (Å²) in [6.07, 6.45) is 0. The molecule has 1 nitrogen and oxygen atoms in total. The van der Waals surface area contributed by atoms with Gasteiger partial charge >= 0.3 is 0 Å². The van der Waals surface area contributed by atoms with Crippen LogP contribution in [0, 0.1) is 0 Å². The molecule has 6 aromatic carbocycles. The zero-order chi connectivity index (χ0) is 23.5. The fraction of sp³-hybridized carbons (Fsp3) is 0. The van der Waals surface area contributed by atoms with Gasteiger partial charge in [-0.15, -0.1) is 0 Å². The molecule has 0 heterocycles. The Morgan fingerprint density at radius 1 is 0.343 bits per heavy atom. The summed E-state index contributed by atoms with van der Waals surface area (Å²) in [4.78, 5) is 2.35. The monoisotopic (exact) mass is 447 g/mol. The van der Waals surface area contributed by atoms with Crippen LogP contribution in [0.2, 0.25) is 0 Å². The topological polar surface area (TPSA) is 3.24 Å². The number of rotatable bonds is 5. The summed E-state index contributed by atoms with van der Waals surface area (Å²) in [5.41, 5.74) is 8.26. The van der Waals surface area contributed by atoms with Gasteiger partial charge in [0.25, 0.3) is 0 Å². The van der Waals surface area contributed by atoms with Crippen LogP contribution in [0.15, 0.2) is 152 Å². The first-order chi connectivity index (χ1) is 17.4. The molecule has 0 fully saturated rings. The smallest absolute Gasteiger partial charge is 0.0540 e. The van der Waals surface area contributed by atoms with Crippen molar-refractivity contribution in [2.75, 3.05) is 4.90 Å². The molecule has 0 saturated heterocycles. The summed E-state index contributed by atoms with van der Waals surface area (Å²) in [6.45, 7) is 0. The fourth-order valence-electron chi connectivity index (χ4n) is 4.71. The lowest BCUT2D eigenvalue weighted by Gasteiger charge is -2.28. The van der Waals surface area contributed by atoms with Gasteiger partial charge in [0.1, 0.15) is 0 Å². The van der Waals surface area contributed by atoms with Crippen LogP contribution in [0.4, 0.5) is 17.1 Å². The molecule has 0 N–H and O–H groups in total. The molecule has 166 valence electrons. The van der Waals surface area contributed by atoms with Gasteiger partial charge in [-0.05, 0) is 63.9 Å². The van der Waals surface area contributed by atoms with Crippen LogP contribution in [-0.2, 0) is 0 Å². The number of nitrogens with zero attached hydrogens (tertiary/aromatic N) is 1. The summed E-state index contributed by atoms with van der Waals surface area (Å²) < 4.78 is 0. The molecule has 0 aliphatic heterocycles. The van der Waals surface area contributed by atoms with E-state index in [1.54, 1.807) is 0 Å². The van der Waals surface area contributed by atoms with Gasteiger partial charge in [0.2, 0.25) is 0 Å². The number of hydrogen-bond donors (Lipinski definition) is 0. The van der Waals surface area contributed by atoms with Crippen molar-refractivity contribution in [1.29, 1.82) is 0 Å². The van der Waals surface area contributed by atoms with Crippen molar-refractivity contribution >= 4 is 27.8 Å². The molecule has 0 unspecified atom stereocenters. The Balaban J connectivity index is 1.49. The van der Waals surface area contributed by atoms with Crippen LogP contribution in [-0.4, -0.2) is 0 Å². The molecule has 0 atom stereocenters. The quantitative estimate of drug-likeness (QED) is 0.254. The molecule has 0 amide bonds. The Morgan fingerprint density at radius 3 is 1.66 bits per heavy atom. The Morgan fingerprint density at radius 2 is 0.886 bits per heavy atom. The number of anilines is 3. The van der Waals surface area contributed by atoms with E-state index in [0.29, 0.717) is 0 Å². The van der Waals surface area contributed by atoms with Gasteiger partial charge in [0.15, 0.2) is 0 Å². The zero-order valence-electron chi connectivity index (χ0n) is 19.4. The molecule has 0 saturated carbocycles. The normalized spacial score (nSPS) is 10.9. The van der Waals surface area contributed by atoms with Gasteiger partial charge in [0.05, 0.1) is 5.69 Å². The van der Waals surface area contributed by atoms with Crippen molar-refractivity contribution in [1.82, 2.24) is 0 Å². The molecule has 0 aromatic heterocycles. The van der Waals surface area contributed by atoms with Gasteiger partial charge in [-0.1, -0.05) is 115 Å². The van der Waals surface area contributed by atoms with Crippen molar-refractivity contribution in [2.45, 2.75) is 0 Å². The van der Waals surface area contributed by atoms with E-state index in [4.69, 9.17) is 0 Å². The van der Waals surface area contributed by atoms with Crippen LogP contribution in [0.25, 0.3) is 33.0 Å². The Kier molecular flexibility index (Phi) is 5.58. The predicted molar refractivity (Wildman–Crippen MR) is 150 cm³/mol. The van der Waals surface area contributed by atoms with Crippen molar-refractivity contribution in [3.63, 3.8) is 0 Å². The summed E-state index contributed by atoms with van der Waals surface area (Å²) in [5, 5.41) is 2.50. The van der Waals surface area contributed by atoms with Crippen LogP contribution in [0.3, 0.4) is 0 Å². The maximum atomic E-state index is 2.35. The summed E-state index contributed by atoms with van der Waals surface area (Å²) >= 11 is 0. The second-order valence-electron chi connectivity index (χ2n) is 8.66. The maximum Gasteiger partial charge on any atom is 0.0540 e. The minimum absolute atomic E-state index is 1.13. The van der Waals surface area contributed by atoms with E-state index in [1.807, 2.05) is 0 Å². The van der Waals surface area contributed by atoms with E-state index < -0.39 is 0 Å². The molecule has 1 heteroatoms. The van der Waals surface area contributed by atoms with E-state index in [2.05, 4.69) is 157 Å². The SMILES string of the molecule is c1ccc(-c2ccc(N(c3ccccc3)c3ccccc3-c3ccc4ccccc4c3)cc2)cc1. The average Bonchev–Trinajstić information content (AvgIpc) is 2.95. The highest BCUT2D eigenvalue weighted by molar-refractivity contribution is 5.93. The second-order valence-corrected chi connectivity index (χ2v) is 8.66. The summed E-state index contributed by atoms with van der Waals surface area (Å²) in [7, 11) is 0. The number of hydrogen-bond acceptors (Lipinski definition) is 1. The van der Waals surface area contributed by atoms with Crippen molar-refractivity contribution < 1.29 is 0 Å². The Hall–Kier alpha value is -4.62.